The number of hydrogen-bond donors (Lipinski definition) is 1. The van der Waals surface area contributed by atoms with Gasteiger partial charge in [-0.05, 0) is 67.1 Å². The Morgan fingerprint density at radius 1 is 1.05 bits per heavy atom. The van der Waals surface area contributed by atoms with Crippen LogP contribution >= 0.6 is 0 Å². The van der Waals surface area contributed by atoms with Gasteiger partial charge < -0.3 is 5.11 Å². The number of carbonyl (C=O) groups is 1. The molecule has 5 atom stereocenters. The Labute approximate surface area is 122 Å². The molecule has 2 nitrogen and oxygen atoms in total. The Hall–Kier alpha value is -0.790. The van der Waals surface area contributed by atoms with Crippen molar-refractivity contribution in [2.45, 2.75) is 59.3 Å². The Balaban J connectivity index is 0.000000144. The van der Waals surface area contributed by atoms with Gasteiger partial charge in [0.05, 0.1) is 5.92 Å². The fourth-order valence-electron chi connectivity index (χ4n) is 5.29. The second-order valence-corrected chi connectivity index (χ2v) is 8.22. The van der Waals surface area contributed by atoms with E-state index in [2.05, 4.69) is 32.9 Å². The fourth-order valence-corrected chi connectivity index (χ4v) is 5.29. The van der Waals surface area contributed by atoms with Gasteiger partial charge in [0.25, 0.3) is 0 Å². The van der Waals surface area contributed by atoms with Crippen LogP contribution < -0.4 is 0 Å². The Bertz CT molecular complexity index is 425. The first kappa shape index (κ1) is 14.2. The maximum absolute atomic E-state index is 11.1. The highest BCUT2D eigenvalue weighted by Crippen LogP contribution is 2.68. The van der Waals surface area contributed by atoms with E-state index in [1.54, 1.807) is 0 Å². The van der Waals surface area contributed by atoms with Gasteiger partial charge >= 0.3 is 5.97 Å². The zero-order valence-electron chi connectivity index (χ0n) is 13.1. The highest BCUT2D eigenvalue weighted by atomic mass is 16.4. The molecule has 3 saturated carbocycles. The average Bonchev–Trinajstić information content (AvgIpc) is 3.11. The topological polar surface area (TPSA) is 37.3 Å². The number of carboxylic acids is 1. The molecule has 0 heterocycles. The zero-order valence-corrected chi connectivity index (χ0v) is 13.1. The molecular weight excluding hydrogens is 248 g/mol. The van der Waals surface area contributed by atoms with Crippen molar-refractivity contribution >= 4 is 5.97 Å². The van der Waals surface area contributed by atoms with E-state index < -0.39 is 5.97 Å². The number of carboxylic acid groups (broad SMARTS) is 1. The smallest absolute Gasteiger partial charge is 0.307 e. The van der Waals surface area contributed by atoms with Crippen LogP contribution in [0.25, 0.3) is 0 Å². The van der Waals surface area contributed by atoms with Crippen LogP contribution in [0.4, 0.5) is 0 Å². The Morgan fingerprint density at radius 2 is 1.65 bits per heavy atom. The lowest BCUT2D eigenvalue weighted by Gasteiger charge is -2.37. The minimum atomic E-state index is -0.585. The lowest BCUT2D eigenvalue weighted by Crippen LogP contribution is -2.36. The molecule has 0 aromatic heterocycles. The Morgan fingerprint density at radius 3 is 1.85 bits per heavy atom. The molecule has 4 bridgehead atoms. The van der Waals surface area contributed by atoms with E-state index in [0.29, 0.717) is 5.92 Å². The van der Waals surface area contributed by atoms with Gasteiger partial charge in [0.1, 0.15) is 0 Å². The molecule has 1 N–H and O–H groups in total. The van der Waals surface area contributed by atoms with E-state index >= 15 is 0 Å². The largest absolute Gasteiger partial charge is 0.481 e. The summed E-state index contributed by atoms with van der Waals surface area (Å²) in [5.74, 6) is 1.94. The zero-order chi connectivity index (χ0) is 14.5. The van der Waals surface area contributed by atoms with Gasteiger partial charge in [0.15, 0.2) is 0 Å². The predicted molar refractivity (Wildman–Crippen MR) is 80.3 cm³/mol. The minimum absolute atomic E-state index is 0.0451. The molecule has 0 spiro atoms. The van der Waals surface area contributed by atoms with Crippen molar-refractivity contribution in [3.05, 3.63) is 12.2 Å². The van der Waals surface area contributed by atoms with Gasteiger partial charge in [-0.2, -0.15) is 0 Å². The number of rotatable bonds is 1. The molecule has 4 aliphatic carbocycles. The van der Waals surface area contributed by atoms with Gasteiger partial charge in [-0.3, -0.25) is 4.79 Å². The van der Waals surface area contributed by atoms with Crippen molar-refractivity contribution < 1.29 is 9.90 Å². The van der Waals surface area contributed by atoms with Crippen LogP contribution in [0.1, 0.15) is 59.3 Å². The van der Waals surface area contributed by atoms with Gasteiger partial charge in [-0.1, -0.05) is 32.9 Å². The number of aliphatic carboxylic acids is 1. The SMILES string of the molecule is C1=CC2CCC1C2.CC1(C)C2CCC1(C)C(C(=O)O)C2. The van der Waals surface area contributed by atoms with Crippen molar-refractivity contribution in [2.24, 2.45) is 34.5 Å². The number of allylic oxidation sites excluding steroid dienone is 2. The van der Waals surface area contributed by atoms with E-state index in [9.17, 15) is 4.79 Å². The first-order valence-electron chi connectivity index (χ1n) is 8.26. The van der Waals surface area contributed by atoms with Crippen LogP contribution in [0.2, 0.25) is 0 Å². The van der Waals surface area contributed by atoms with Gasteiger partial charge in [0.2, 0.25) is 0 Å². The molecule has 112 valence electrons. The molecule has 4 aliphatic rings. The van der Waals surface area contributed by atoms with Crippen LogP contribution in [0.5, 0.6) is 0 Å². The standard InChI is InChI=1S/C11H18O2.C7H10/c1-10(2)7-4-5-11(10,3)8(6-7)9(12)13;1-2-7-4-3-6(1)5-7/h7-8H,4-6H2,1-3H3,(H,12,13);1-2,6-7H,3-5H2. The third-order valence-corrected chi connectivity index (χ3v) is 7.26. The molecule has 0 aliphatic heterocycles. The minimum Gasteiger partial charge on any atom is -0.481 e. The van der Waals surface area contributed by atoms with E-state index in [-0.39, 0.29) is 16.7 Å². The van der Waals surface area contributed by atoms with Crippen LogP contribution in [-0.2, 0) is 4.79 Å². The van der Waals surface area contributed by atoms with Crippen LogP contribution in [0.3, 0.4) is 0 Å². The number of fused-ring (bicyclic) bond motifs is 4. The predicted octanol–water partition coefficient (Wildman–Crippen LogP) is 4.51. The summed E-state index contributed by atoms with van der Waals surface area (Å²) in [6.07, 6.45) is 12.4. The van der Waals surface area contributed by atoms with Crippen molar-refractivity contribution in [3.63, 3.8) is 0 Å². The summed E-state index contributed by atoms with van der Waals surface area (Å²) in [7, 11) is 0. The summed E-state index contributed by atoms with van der Waals surface area (Å²) in [5, 5.41) is 9.13. The highest BCUT2D eigenvalue weighted by Gasteiger charge is 2.63. The Kier molecular flexibility index (Phi) is 3.26. The summed E-state index contributed by atoms with van der Waals surface area (Å²) >= 11 is 0. The summed E-state index contributed by atoms with van der Waals surface area (Å²) < 4.78 is 0. The summed E-state index contributed by atoms with van der Waals surface area (Å²) in [4.78, 5) is 11.1. The monoisotopic (exact) mass is 276 g/mol. The highest BCUT2D eigenvalue weighted by molar-refractivity contribution is 5.72. The van der Waals surface area contributed by atoms with Crippen molar-refractivity contribution in [2.75, 3.05) is 0 Å². The molecule has 2 heteroatoms. The van der Waals surface area contributed by atoms with Gasteiger partial charge in [0, 0.05) is 0 Å². The molecule has 0 amide bonds. The molecule has 3 fully saturated rings. The van der Waals surface area contributed by atoms with E-state index in [1.807, 2.05) is 0 Å². The van der Waals surface area contributed by atoms with Crippen molar-refractivity contribution in [3.8, 4) is 0 Å². The third kappa shape index (κ3) is 1.95. The molecular formula is C18H28O2. The lowest BCUT2D eigenvalue weighted by atomic mass is 9.67. The first-order chi connectivity index (χ1) is 9.34. The van der Waals surface area contributed by atoms with Crippen LogP contribution in [0, 0.1) is 34.5 Å². The van der Waals surface area contributed by atoms with Crippen LogP contribution in [0.15, 0.2) is 12.2 Å². The fraction of sp³-hybridized carbons (Fsp3) is 0.833. The second kappa shape index (κ2) is 4.61. The van der Waals surface area contributed by atoms with Gasteiger partial charge in [-0.15, -0.1) is 0 Å². The summed E-state index contributed by atoms with van der Waals surface area (Å²) in [6, 6.07) is 0. The number of hydrogen-bond acceptors (Lipinski definition) is 1. The van der Waals surface area contributed by atoms with E-state index in [0.717, 1.165) is 24.7 Å². The normalized spacial score (nSPS) is 46.4. The second-order valence-electron chi connectivity index (χ2n) is 8.22. The van der Waals surface area contributed by atoms with Gasteiger partial charge in [-0.25, -0.2) is 0 Å². The molecule has 20 heavy (non-hydrogen) atoms. The average molecular weight is 276 g/mol. The molecule has 5 unspecified atom stereocenters. The van der Waals surface area contributed by atoms with E-state index in [1.165, 1.54) is 25.7 Å². The molecule has 0 aromatic rings. The molecule has 0 radical (unpaired) electrons. The maximum atomic E-state index is 11.1. The molecule has 4 rings (SSSR count). The van der Waals surface area contributed by atoms with Crippen molar-refractivity contribution in [1.29, 1.82) is 0 Å². The van der Waals surface area contributed by atoms with Crippen molar-refractivity contribution in [1.82, 2.24) is 0 Å². The van der Waals surface area contributed by atoms with E-state index in [4.69, 9.17) is 5.11 Å². The maximum Gasteiger partial charge on any atom is 0.307 e. The summed E-state index contributed by atoms with van der Waals surface area (Å²) in [6.45, 7) is 6.65. The lowest BCUT2D eigenvalue weighted by molar-refractivity contribution is -0.147. The first-order valence-corrected chi connectivity index (χ1v) is 8.26. The summed E-state index contributed by atoms with van der Waals surface area (Å²) in [5.41, 5.74) is 0.277. The molecule has 0 saturated heterocycles. The quantitative estimate of drug-likeness (QED) is 0.716. The third-order valence-electron chi connectivity index (χ3n) is 7.26. The molecule has 0 aromatic carbocycles. The van der Waals surface area contributed by atoms with Crippen LogP contribution in [-0.4, -0.2) is 11.1 Å².